The number of aromatic nitrogens is 2. The SMILES string of the molecule is CC(=O)CCl.Cc1c[nH]c(=O)n1C1CC1. The molecule has 1 aromatic rings. The van der Waals surface area contributed by atoms with Gasteiger partial charge in [0.25, 0.3) is 0 Å². The molecule has 2 rings (SSSR count). The maximum absolute atomic E-state index is 11.0. The summed E-state index contributed by atoms with van der Waals surface area (Å²) >= 11 is 4.99. The van der Waals surface area contributed by atoms with Crippen molar-refractivity contribution in [3.05, 3.63) is 22.4 Å². The number of carbonyl (C=O) groups is 1. The molecule has 1 heterocycles. The number of aryl methyl sites for hydroxylation is 1. The lowest BCUT2D eigenvalue weighted by atomic mass is 10.5. The summed E-state index contributed by atoms with van der Waals surface area (Å²) in [6, 6.07) is 0.499. The van der Waals surface area contributed by atoms with Crippen LogP contribution in [0.5, 0.6) is 0 Å². The smallest absolute Gasteiger partial charge is 0.312 e. The fraction of sp³-hybridized carbons (Fsp3) is 0.600. The summed E-state index contributed by atoms with van der Waals surface area (Å²) in [4.78, 5) is 23.4. The second-order valence-corrected chi connectivity index (χ2v) is 3.94. The molecule has 0 bridgehead atoms. The van der Waals surface area contributed by atoms with Crippen LogP contribution in [0.2, 0.25) is 0 Å². The molecule has 0 spiro atoms. The molecule has 0 saturated heterocycles. The van der Waals surface area contributed by atoms with Gasteiger partial charge in [-0.05, 0) is 26.7 Å². The highest BCUT2D eigenvalue weighted by Gasteiger charge is 2.25. The van der Waals surface area contributed by atoms with E-state index >= 15 is 0 Å². The monoisotopic (exact) mass is 230 g/mol. The first-order valence-electron chi connectivity index (χ1n) is 4.88. The summed E-state index contributed by atoms with van der Waals surface area (Å²) in [7, 11) is 0. The minimum absolute atomic E-state index is 0.0201. The van der Waals surface area contributed by atoms with Gasteiger partial charge in [0, 0.05) is 17.9 Å². The van der Waals surface area contributed by atoms with Crippen LogP contribution in [-0.4, -0.2) is 21.2 Å². The summed E-state index contributed by atoms with van der Waals surface area (Å²) in [5.41, 5.74) is 1.09. The number of H-pyrrole nitrogens is 1. The molecule has 1 aromatic heterocycles. The highest BCUT2D eigenvalue weighted by Crippen LogP contribution is 2.34. The molecule has 4 nitrogen and oxygen atoms in total. The standard InChI is InChI=1S/C7H10N2O.C3H5ClO/c1-5-4-8-7(10)9(5)6-2-3-6;1-3(5)2-4/h4,6H,2-3H2,1H3,(H,8,10);2H2,1H3. The molecule has 1 aliphatic rings. The molecule has 0 amide bonds. The average molecular weight is 231 g/mol. The molecule has 1 fully saturated rings. The zero-order valence-corrected chi connectivity index (χ0v) is 9.67. The minimum atomic E-state index is 0.0201. The van der Waals surface area contributed by atoms with E-state index in [0.29, 0.717) is 6.04 Å². The number of Topliss-reactive ketones (excluding diaryl/α,β-unsaturated/α-hetero) is 1. The number of alkyl halides is 1. The molecule has 15 heavy (non-hydrogen) atoms. The van der Waals surface area contributed by atoms with E-state index in [1.165, 1.54) is 19.8 Å². The van der Waals surface area contributed by atoms with Gasteiger partial charge in [-0.1, -0.05) is 0 Å². The molecule has 84 valence electrons. The molecule has 0 unspecified atom stereocenters. The van der Waals surface area contributed by atoms with Gasteiger partial charge in [0.2, 0.25) is 0 Å². The second-order valence-electron chi connectivity index (χ2n) is 3.67. The average Bonchev–Trinajstić information content (AvgIpc) is 2.96. The van der Waals surface area contributed by atoms with Gasteiger partial charge >= 0.3 is 5.69 Å². The van der Waals surface area contributed by atoms with E-state index in [9.17, 15) is 9.59 Å². The fourth-order valence-corrected chi connectivity index (χ4v) is 1.25. The molecular weight excluding hydrogens is 216 g/mol. The van der Waals surface area contributed by atoms with Crippen molar-refractivity contribution in [1.82, 2.24) is 9.55 Å². The van der Waals surface area contributed by atoms with Crippen molar-refractivity contribution in [2.45, 2.75) is 32.7 Å². The van der Waals surface area contributed by atoms with Crippen LogP contribution in [0.1, 0.15) is 31.5 Å². The van der Waals surface area contributed by atoms with Crippen LogP contribution in [0.4, 0.5) is 0 Å². The molecule has 0 radical (unpaired) electrons. The van der Waals surface area contributed by atoms with Crippen molar-refractivity contribution in [2.24, 2.45) is 0 Å². The maximum Gasteiger partial charge on any atom is 0.325 e. The number of carbonyl (C=O) groups excluding carboxylic acids is 1. The summed E-state index contributed by atoms with van der Waals surface area (Å²) in [5.74, 6) is 0.159. The Morgan fingerprint density at radius 2 is 2.20 bits per heavy atom. The zero-order valence-electron chi connectivity index (χ0n) is 8.92. The number of nitrogens with one attached hydrogen (secondary N) is 1. The van der Waals surface area contributed by atoms with Crippen molar-refractivity contribution >= 4 is 17.4 Å². The third-order valence-electron chi connectivity index (χ3n) is 2.10. The van der Waals surface area contributed by atoms with Crippen molar-refractivity contribution in [3.8, 4) is 0 Å². The van der Waals surface area contributed by atoms with Gasteiger partial charge < -0.3 is 4.98 Å². The van der Waals surface area contributed by atoms with E-state index in [0.717, 1.165) is 5.69 Å². The highest BCUT2D eigenvalue weighted by atomic mass is 35.5. The quantitative estimate of drug-likeness (QED) is 0.786. The van der Waals surface area contributed by atoms with Crippen molar-refractivity contribution < 1.29 is 4.79 Å². The lowest BCUT2D eigenvalue weighted by molar-refractivity contribution is -0.114. The number of hydrogen-bond acceptors (Lipinski definition) is 2. The predicted molar refractivity (Wildman–Crippen MR) is 59.5 cm³/mol. The maximum atomic E-state index is 11.0. The molecule has 0 aromatic carbocycles. The van der Waals surface area contributed by atoms with Crippen LogP contribution in [0.25, 0.3) is 0 Å². The van der Waals surface area contributed by atoms with Crippen molar-refractivity contribution in [1.29, 1.82) is 0 Å². The summed E-state index contributed by atoms with van der Waals surface area (Å²) in [5, 5.41) is 0. The summed E-state index contributed by atoms with van der Waals surface area (Å²) < 4.78 is 1.83. The number of nitrogens with zero attached hydrogens (tertiary/aromatic N) is 1. The van der Waals surface area contributed by atoms with Crippen LogP contribution in [0, 0.1) is 6.92 Å². The largest absolute Gasteiger partial charge is 0.325 e. The van der Waals surface area contributed by atoms with Crippen LogP contribution in [0.3, 0.4) is 0 Å². The lowest BCUT2D eigenvalue weighted by Gasteiger charge is -1.97. The molecule has 1 aliphatic carbocycles. The van der Waals surface area contributed by atoms with Crippen LogP contribution >= 0.6 is 11.6 Å². The second kappa shape index (κ2) is 5.16. The van der Waals surface area contributed by atoms with E-state index in [1.54, 1.807) is 6.20 Å². The predicted octanol–water partition coefficient (Wildman–Crippen LogP) is 1.63. The van der Waals surface area contributed by atoms with Gasteiger partial charge in [-0.2, -0.15) is 0 Å². The highest BCUT2D eigenvalue weighted by molar-refractivity contribution is 6.27. The van der Waals surface area contributed by atoms with Gasteiger partial charge in [-0.3, -0.25) is 9.36 Å². The Bertz CT molecular complexity index is 390. The van der Waals surface area contributed by atoms with Crippen LogP contribution in [-0.2, 0) is 4.79 Å². The topological polar surface area (TPSA) is 54.9 Å². The van der Waals surface area contributed by atoms with Gasteiger partial charge in [0.1, 0.15) is 5.78 Å². The summed E-state index contributed by atoms with van der Waals surface area (Å²) in [6.45, 7) is 3.41. The molecule has 5 heteroatoms. The van der Waals surface area contributed by atoms with E-state index < -0.39 is 0 Å². The Morgan fingerprint density at radius 1 is 1.67 bits per heavy atom. The first kappa shape index (κ1) is 12.0. The first-order valence-corrected chi connectivity index (χ1v) is 5.41. The van der Waals surface area contributed by atoms with Gasteiger partial charge in [-0.25, -0.2) is 4.79 Å². The van der Waals surface area contributed by atoms with Crippen LogP contribution < -0.4 is 5.69 Å². The Balaban J connectivity index is 0.000000195. The normalized spacial score (nSPS) is 14.3. The van der Waals surface area contributed by atoms with E-state index in [4.69, 9.17) is 11.6 Å². The Kier molecular flexibility index (Phi) is 4.15. The van der Waals surface area contributed by atoms with Crippen molar-refractivity contribution in [3.63, 3.8) is 0 Å². The number of halogens is 1. The number of ketones is 1. The fourth-order valence-electron chi connectivity index (χ4n) is 1.25. The minimum Gasteiger partial charge on any atom is -0.312 e. The number of imidazole rings is 1. The molecule has 1 saturated carbocycles. The number of aromatic amines is 1. The molecule has 1 N–H and O–H groups in total. The Hall–Kier alpha value is -1.03. The number of hydrogen-bond donors (Lipinski definition) is 1. The van der Waals surface area contributed by atoms with E-state index in [-0.39, 0.29) is 17.4 Å². The Morgan fingerprint density at radius 3 is 2.47 bits per heavy atom. The van der Waals surface area contributed by atoms with E-state index in [1.807, 2.05) is 11.5 Å². The van der Waals surface area contributed by atoms with Gasteiger partial charge in [0.15, 0.2) is 0 Å². The first-order chi connectivity index (χ1) is 7.06. The third-order valence-corrected chi connectivity index (χ3v) is 2.48. The third kappa shape index (κ3) is 3.55. The molecule has 0 aliphatic heterocycles. The zero-order chi connectivity index (χ0) is 11.4. The van der Waals surface area contributed by atoms with Crippen molar-refractivity contribution in [2.75, 3.05) is 5.88 Å². The summed E-state index contributed by atoms with van der Waals surface area (Å²) in [6.07, 6.45) is 4.10. The lowest BCUT2D eigenvalue weighted by Crippen LogP contribution is -2.16. The van der Waals surface area contributed by atoms with Gasteiger partial charge in [0.05, 0.1) is 5.88 Å². The van der Waals surface area contributed by atoms with Crippen LogP contribution in [0.15, 0.2) is 11.0 Å². The Labute approximate surface area is 93.3 Å². The molecule has 0 atom stereocenters. The van der Waals surface area contributed by atoms with E-state index in [2.05, 4.69) is 4.98 Å². The molecular formula is C10H15ClN2O2. The van der Waals surface area contributed by atoms with Gasteiger partial charge in [-0.15, -0.1) is 11.6 Å². The number of rotatable bonds is 2.